The second kappa shape index (κ2) is 5.42. The molecule has 1 aliphatic heterocycles. The molecule has 2 unspecified atom stereocenters. The number of hydrogen-bond acceptors (Lipinski definition) is 3. The fourth-order valence-corrected chi connectivity index (χ4v) is 2.01. The van der Waals surface area contributed by atoms with Crippen LogP contribution in [0.25, 0.3) is 0 Å². The molecular formula is C12H15F2NO2. The Morgan fingerprint density at radius 2 is 2.24 bits per heavy atom. The first kappa shape index (κ1) is 12.3. The molecule has 3 nitrogen and oxygen atoms in total. The van der Waals surface area contributed by atoms with Crippen molar-refractivity contribution in [1.29, 1.82) is 0 Å². The van der Waals surface area contributed by atoms with Gasteiger partial charge in [0.25, 0.3) is 0 Å². The summed E-state index contributed by atoms with van der Waals surface area (Å²) < 4.78 is 33.8. The summed E-state index contributed by atoms with van der Waals surface area (Å²) in [5.74, 6) is 0.392. The zero-order chi connectivity index (χ0) is 12.3. The van der Waals surface area contributed by atoms with Crippen LogP contribution in [0.5, 0.6) is 5.75 Å². The predicted octanol–water partition coefficient (Wildman–Crippen LogP) is 2.32. The summed E-state index contributed by atoms with van der Waals surface area (Å²) in [4.78, 5) is 0. The van der Waals surface area contributed by atoms with Crippen LogP contribution >= 0.6 is 0 Å². The second-order valence-electron chi connectivity index (χ2n) is 4.10. The summed E-state index contributed by atoms with van der Waals surface area (Å²) in [7, 11) is 0. The van der Waals surface area contributed by atoms with E-state index in [1.54, 1.807) is 12.1 Å². The minimum Gasteiger partial charge on any atom is -0.435 e. The molecule has 2 rings (SSSR count). The lowest BCUT2D eigenvalue weighted by molar-refractivity contribution is -0.0499. The van der Waals surface area contributed by atoms with Gasteiger partial charge in [-0.15, -0.1) is 0 Å². The fourth-order valence-electron chi connectivity index (χ4n) is 2.01. The van der Waals surface area contributed by atoms with Crippen LogP contribution in [0.4, 0.5) is 8.78 Å². The molecule has 0 aliphatic carbocycles. The fraction of sp³-hybridized carbons (Fsp3) is 0.500. The Hall–Kier alpha value is -1.20. The molecule has 17 heavy (non-hydrogen) atoms. The number of halogens is 2. The van der Waals surface area contributed by atoms with Gasteiger partial charge in [-0.25, -0.2) is 0 Å². The van der Waals surface area contributed by atoms with E-state index in [4.69, 9.17) is 10.5 Å². The molecule has 0 bridgehead atoms. The lowest BCUT2D eigenvalue weighted by Crippen LogP contribution is -2.21. The van der Waals surface area contributed by atoms with Gasteiger partial charge in [0.1, 0.15) is 5.75 Å². The number of nitrogens with two attached hydrogens (primary N) is 1. The molecule has 5 heteroatoms. The first-order valence-corrected chi connectivity index (χ1v) is 5.55. The molecule has 0 spiro atoms. The van der Waals surface area contributed by atoms with Crippen molar-refractivity contribution in [3.63, 3.8) is 0 Å². The van der Waals surface area contributed by atoms with Crippen molar-refractivity contribution in [3.8, 4) is 5.75 Å². The molecule has 2 N–H and O–H groups in total. The maximum Gasteiger partial charge on any atom is 0.387 e. The van der Waals surface area contributed by atoms with Crippen molar-refractivity contribution in [2.45, 2.75) is 19.1 Å². The molecule has 1 aromatic rings. The van der Waals surface area contributed by atoms with Gasteiger partial charge in [0.2, 0.25) is 0 Å². The number of hydrogen-bond donors (Lipinski definition) is 1. The highest BCUT2D eigenvalue weighted by molar-refractivity contribution is 5.30. The Morgan fingerprint density at radius 1 is 1.41 bits per heavy atom. The smallest absolute Gasteiger partial charge is 0.387 e. The highest BCUT2D eigenvalue weighted by Gasteiger charge is 2.24. The van der Waals surface area contributed by atoms with Gasteiger partial charge in [0, 0.05) is 18.6 Å². The van der Waals surface area contributed by atoms with E-state index in [1.165, 1.54) is 6.07 Å². The standard InChI is InChI=1S/C12H15F2NO2/c13-12(14)17-10-3-1-2-8(6-10)11(15)9-4-5-16-7-9/h1-3,6,9,11-12H,4-5,7,15H2. The Balaban J connectivity index is 2.09. The molecule has 94 valence electrons. The highest BCUT2D eigenvalue weighted by Crippen LogP contribution is 2.28. The average Bonchev–Trinajstić information content (AvgIpc) is 2.81. The minimum atomic E-state index is -2.81. The van der Waals surface area contributed by atoms with Crippen molar-refractivity contribution < 1.29 is 18.3 Å². The molecule has 0 amide bonds. The Bertz CT molecular complexity index is 367. The lowest BCUT2D eigenvalue weighted by Gasteiger charge is -2.18. The minimum absolute atomic E-state index is 0.145. The largest absolute Gasteiger partial charge is 0.435 e. The molecule has 0 radical (unpaired) electrons. The summed E-state index contributed by atoms with van der Waals surface area (Å²) in [6, 6.07) is 6.35. The van der Waals surface area contributed by atoms with Gasteiger partial charge in [-0.2, -0.15) is 8.78 Å². The Morgan fingerprint density at radius 3 is 2.88 bits per heavy atom. The summed E-state index contributed by atoms with van der Waals surface area (Å²) in [6.07, 6.45) is 0.904. The van der Waals surface area contributed by atoms with Gasteiger partial charge in [-0.05, 0) is 24.1 Å². The molecule has 1 fully saturated rings. The summed E-state index contributed by atoms with van der Waals surface area (Å²) in [6.45, 7) is -1.47. The van der Waals surface area contributed by atoms with Crippen LogP contribution < -0.4 is 10.5 Å². The number of benzene rings is 1. The van der Waals surface area contributed by atoms with Gasteiger partial charge >= 0.3 is 6.61 Å². The predicted molar refractivity (Wildman–Crippen MR) is 58.9 cm³/mol. The zero-order valence-electron chi connectivity index (χ0n) is 9.31. The third-order valence-corrected chi connectivity index (χ3v) is 2.94. The van der Waals surface area contributed by atoms with Crippen molar-refractivity contribution in [1.82, 2.24) is 0 Å². The van der Waals surface area contributed by atoms with E-state index in [0.29, 0.717) is 13.2 Å². The second-order valence-corrected chi connectivity index (χ2v) is 4.10. The molecule has 1 aliphatic rings. The van der Waals surface area contributed by atoms with E-state index in [9.17, 15) is 8.78 Å². The van der Waals surface area contributed by atoms with E-state index < -0.39 is 6.61 Å². The van der Waals surface area contributed by atoms with Crippen LogP contribution in [0.1, 0.15) is 18.0 Å². The summed E-state index contributed by atoms with van der Waals surface area (Å²) >= 11 is 0. The van der Waals surface area contributed by atoms with Crippen LogP contribution in [0.3, 0.4) is 0 Å². The zero-order valence-corrected chi connectivity index (χ0v) is 9.31. The van der Waals surface area contributed by atoms with Gasteiger partial charge in [0.15, 0.2) is 0 Å². The van der Waals surface area contributed by atoms with Gasteiger partial charge in [0.05, 0.1) is 6.61 Å². The van der Waals surface area contributed by atoms with Crippen molar-refractivity contribution in [3.05, 3.63) is 29.8 Å². The molecule has 2 atom stereocenters. The molecule has 1 aromatic carbocycles. The highest BCUT2D eigenvalue weighted by atomic mass is 19.3. The first-order valence-electron chi connectivity index (χ1n) is 5.55. The van der Waals surface area contributed by atoms with Crippen LogP contribution in [0.15, 0.2) is 24.3 Å². The normalized spacial score (nSPS) is 21.8. The third kappa shape index (κ3) is 3.14. The van der Waals surface area contributed by atoms with E-state index in [0.717, 1.165) is 12.0 Å². The maximum absolute atomic E-state index is 12.1. The average molecular weight is 243 g/mol. The maximum atomic E-state index is 12.1. The summed E-state index contributed by atoms with van der Waals surface area (Å²) in [5.41, 5.74) is 6.88. The Kier molecular flexibility index (Phi) is 3.91. The van der Waals surface area contributed by atoms with E-state index >= 15 is 0 Å². The summed E-state index contributed by atoms with van der Waals surface area (Å²) in [5, 5.41) is 0. The van der Waals surface area contributed by atoms with E-state index in [1.807, 2.05) is 6.07 Å². The lowest BCUT2D eigenvalue weighted by atomic mass is 9.93. The van der Waals surface area contributed by atoms with Gasteiger partial charge in [-0.1, -0.05) is 12.1 Å². The van der Waals surface area contributed by atoms with Crippen LogP contribution in [-0.4, -0.2) is 19.8 Å². The Labute approximate surface area is 98.5 Å². The van der Waals surface area contributed by atoms with Gasteiger partial charge in [-0.3, -0.25) is 0 Å². The monoisotopic (exact) mass is 243 g/mol. The molecule has 1 saturated heterocycles. The van der Waals surface area contributed by atoms with Crippen molar-refractivity contribution in [2.75, 3.05) is 13.2 Å². The van der Waals surface area contributed by atoms with Crippen molar-refractivity contribution in [2.24, 2.45) is 11.7 Å². The molecule has 1 heterocycles. The number of alkyl halides is 2. The van der Waals surface area contributed by atoms with Crippen LogP contribution in [0.2, 0.25) is 0 Å². The third-order valence-electron chi connectivity index (χ3n) is 2.94. The number of ether oxygens (including phenoxy) is 2. The van der Waals surface area contributed by atoms with Crippen LogP contribution in [-0.2, 0) is 4.74 Å². The molecular weight excluding hydrogens is 228 g/mol. The van der Waals surface area contributed by atoms with Crippen molar-refractivity contribution >= 4 is 0 Å². The SMILES string of the molecule is NC(c1cccc(OC(F)F)c1)C1CCOC1. The first-order chi connectivity index (χ1) is 8.16. The van der Waals surface area contributed by atoms with Crippen LogP contribution in [0, 0.1) is 5.92 Å². The van der Waals surface area contributed by atoms with E-state index in [2.05, 4.69) is 4.74 Å². The quantitative estimate of drug-likeness (QED) is 0.882. The topological polar surface area (TPSA) is 44.5 Å². The molecule has 0 saturated carbocycles. The van der Waals surface area contributed by atoms with E-state index in [-0.39, 0.29) is 17.7 Å². The number of rotatable bonds is 4. The van der Waals surface area contributed by atoms with Gasteiger partial charge < -0.3 is 15.2 Å². The molecule has 0 aromatic heterocycles.